The highest BCUT2D eigenvalue weighted by molar-refractivity contribution is 7.89. The molecule has 3 rings (SSSR count). The Bertz CT molecular complexity index is 925. The number of hydrogen-bond donors (Lipinski definition) is 0. The summed E-state index contributed by atoms with van der Waals surface area (Å²) in [4.78, 5) is 7.98. The van der Waals surface area contributed by atoms with E-state index < -0.39 is 21.9 Å². The molecule has 2 aromatic rings. The Hall–Kier alpha value is -2.46. The van der Waals surface area contributed by atoms with Crippen LogP contribution in [0.15, 0.2) is 35.5 Å². The van der Waals surface area contributed by atoms with Gasteiger partial charge in [-0.3, -0.25) is 0 Å². The first-order chi connectivity index (χ1) is 13.5. The Balaban J connectivity index is 1.76. The molecule has 0 N–H and O–H groups in total. The Morgan fingerprint density at radius 2 is 2.00 bits per heavy atom. The molecule has 152 valence electrons. The van der Waals surface area contributed by atoms with E-state index in [1.807, 2.05) is 0 Å². The second-order valence-corrected chi connectivity index (χ2v) is 8.08. The number of piperidine rings is 1. The van der Waals surface area contributed by atoms with E-state index in [4.69, 9.17) is 14.2 Å². The minimum Gasteiger partial charge on any atom is -0.491 e. The maximum atomic E-state index is 14.1. The summed E-state index contributed by atoms with van der Waals surface area (Å²) in [5.74, 6) is -0.245. The highest BCUT2D eigenvalue weighted by Gasteiger charge is 2.32. The number of halogens is 1. The van der Waals surface area contributed by atoms with E-state index in [1.165, 1.54) is 35.9 Å². The lowest BCUT2D eigenvalue weighted by atomic mass is 10.1. The molecule has 8 nitrogen and oxygen atoms in total. The van der Waals surface area contributed by atoms with Crippen LogP contribution in [0, 0.1) is 5.82 Å². The third-order valence-corrected chi connectivity index (χ3v) is 6.15. The Kier molecular flexibility index (Phi) is 6.30. The fraction of sp³-hybridized carbons (Fsp3) is 0.444. The first-order valence-corrected chi connectivity index (χ1v) is 10.3. The van der Waals surface area contributed by atoms with Crippen molar-refractivity contribution in [2.24, 2.45) is 0 Å². The smallest absolute Gasteiger partial charge is 0.278 e. The van der Waals surface area contributed by atoms with Crippen LogP contribution >= 0.6 is 0 Å². The molecule has 1 unspecified atom stereocenters. The first-order valence-electron chi connectivity index (χ1n) is 8.90. The van der Waals surface area contributed by atoms with Crippen LogP contribution in [0.5, 0.6) is 17.5 Å². The van der Waals surface area contributed by atoms with E-state index in [-0.39, 0.29) is 28.9 Å². The minimum atomic E-state index is -3.87. The lowest BCUT2D eigenvalue weighted by Gasteiger charge is -2.31. The first kappa shape index (κ1) is 20.3. The number of benzene rings is 1. The van der Waals surface area contributed by atoms with Gasteiger partial charge in [0.2, 0.25) is 10.0 Å². The summed E-state index contributed by atoms with van der Waals surface area (Å²) in [6.07, 6.45) is 3.79. The second kappa shape index (κ2) is 8.70. The molecule has 0 radical (unpaired) electrons. The van der Waals surface area contributed by atoms with Crippen LogP contribution in [0.1, 0.15) is 19.8 Å². The van der Waals surface area contributed by atoms with Gasteiger partial charge in [0, 0.05) is 18.9 Å². The molecule has 28 heavy (non-hydrogen) atoms. The number of ether oxygens (including phenoxy) is 3. The summed E-state index contributed by atoms with van der Waals surface area (Å²) in [6.45, 7) is 2.47. The van der Waals surface area contributed by atoms with Gasteiger partial charge >= 0.3 is 0 Å². The van der Waals surface area contributed by atoms with Gasteiger partial charge < -0.3 is 14.2 Å². The lowest BCUT2D eigenvalue weighted by Crippen LogP contribution is -2.44. The molecule has 0 aliphatic carbocycles. The summed E-state index contributed by atoms with van der Waals surface area (Å²) < 4.78 is 57.3. The van der Waals surface area contributed by atoms with E-state index in [0.717, 1.165) is 6.07 Å². The van der Waals surface area contributed by atoms with Crippen molar-refractivity contribution in [3.8, 4) is 17.5 Å². The molecule has 1 atom stereocenters. The fourth-order valence-corrected chi connectivity index (χ4v) is 4.50. The van der Waals surface area contributed by atoms with Gasteiger partial charge in [0.1, 0.15) is 6.10 Å². The van der Waals surface area contributed by atoms with Gasteiger partial charge in [0.05, 0.1) is 25.2 Å². The lowest BCUT2D eigenvalue weighted by molar-refractivity contribution is 0.119. The number of rotatable bonds is 7. The quantitative estimate of drug-likeness (QED) is 0.690. The zero-order valence-corrected chi connectivity index (χ0v) is 16.5. The molecular weight excluding hydrogens is 389 g/mol. The van der Waals surface area contributed by atoms with Crippen molar-refractivity contribution < 1.29 is 27.0 Å². The number of methoxy groups -OCH3 is 1. The highest BCUT2D eigenvalue weighted by Crippen LogP contribution is 2.28. The fourth-order valence-electron chi connectivity index (χ4n) is 2.97. The number of hydrogen-bond acceptors (Lipinski definition) is 7. The van der Waals surface area contributed by atoms with Crippen molar-refractivity contribution in [2.75, 3.05) is 26.8 Å². The molecule has 10 heteroatoms. The largest absolute Gasteiger partial charge is 0.491 e. The van der Waals surface area contributed by atoms with Crippen molar-refractivity contribution in [1.29, 1.82) is 0 Å². The maximum Gasteiger partial charge on any atom is 0.278 e. The van der Waals surface area contributed by atoms with Crippen molar-refractivity contribution in [3.05, 3.63) is 36.4 Å². The van der Waals surface area contributed by atoms with E-state index in [2.05, 4.69) is 9.97 Å². The molecule has 0 spiro atoms. The van der Waals surface area contributed by atoms with Gasteiger partial charge in [-0.05, 0) is 38.0 Å². The van der Waals surface area contributed by atoms with Crippen LogP contribution in [-0.4, -0.2) is 55.6 Å². The van der Waals surface area contributed by atoms with Crippen molar-refractivity contribution >= 4 is 10.0 Å². The average molecular weight is 411 g/mol. The predicted molar refractivity (Wildman–Crippen MR) is 98.6 cm³/mol. The molecule has 0 saturated carbocycles. The maximum absolute atomic E-state index is 14.1. The van der Waals surface area contributed by atoms with Crippen LogP contribution in [0.4, 0.5) is 4.39 Å². The Morgan fingerprint density at radius 1 is 1.25 bits per heavy atom. The third kappa shape index (κ3) is 4.33. The van der Waals surface area contributed by atoms with Crippen LogP contribution in [0.25, 0.3) is 0 Å². The van der Waals surface area contributed by atoms with Gasteiger partial charge in [-0.1, -0.05) is 0 Å². The topological polar surface area (TPSA) is 90.9 Å². The van der Waals surface area contributed by atoms with Crippen LogP contribution in [0.3, 0.4) is 0 Å². The van der Waals surface area contributed by atoms with E-state index in [0.29, 0.717) is 26.0 Å². The van der Waals surface area contributed by atoms with Gasteiger partial charge in [-0.25, -0.2) is 22.8 Å². The van der Waals surface area contributed by atoms with Gasteiger partial charge in [0.25, 0.3) is 11.8 Å². The normalized spacial score (nSPS) is 17.9. The summed E-state index contributed by atoms with van der Waals surface area (Å²) >= 11 is 0. The van der Waals surface area contributed by atoms with E-state index >= 15 is 0 Å². The van der Waals surface area contributed by atoms with E-state index in [1.54, 1.807) is 6.92 Å². The van der Waals surface area contributed by atoms with Gasteiger partial charge in [0.15, 0.2) is 11.6 Å². The molecule has 1 fully saturated rings. The molecule has 0 amide bonds. The summed E-state index contributed by atoms with van der Waals surface area (Å²) in [6, 6.07) is 3.66. The molecular formula is C18H22FN3O5S. The zero-order valence-electron chi connectivity index (χ0n) is 15.7. The minimum absolute atomic E-state index is 0.0241. The third-order valence-electron chi connectivity index (χ3n) is 4.29. The van der Waals surface area contributed by atoms with Gasteiger partial charge in [-0.15, -0.1) is 0 Å². The Morgan fingerprint density at radius 3 is 2.68 bits per heavy atom. The summed E-state index contributed by atoms with van der Waals surface area (Å²) in [5.41, 5.74) is 0. The molecule has 1 aromatic carbocycles. The summed E-state index contributed by atoms with van der Waals surface area (Å²) in [7, 11) is -2.41. The molecule has 0 bridgehead atoms. The van der Waals surface area contributed by atoms with Crippen molar-refractivity contribution in [3.63, 3.8) is 0 Å². The highest BCUT2D eigenvalue weighted by atomic mass is 32.2. The van der Waals surface area contributed by atoms with E-state index in [9.17, 15) is 12.8 Å². The van der Waals surface area contributed by atoms with Crippen molar-refractivity contribution in [2.45, 2.75) is 30.8 Å². The molecule has 1 saturated heterocycles. The molecule has 1 aromatic heterocycles. The second-order valence-electron chi connectivity index (χ2n) is 6.14. The van der Waals surface area contributed by atoms with Gasteiger partial charge in [-0.2, -0.15) is 4.31 Å². The molecule has 2 heterocycles. The van der Waals surface area contributed by atoms with Crippen LogP contribution in [-0.2, 0) is 10.0 Å². The van der Waals surface area contributed by atoms with Crippen molar-refractivity contribution in [1.82, 2.24) is 14.3 Å². The Labute approximate surface area is 163 Å². The monoisotopic (exact) mass is 411 g/mol. The van der Waals surface area contributed by atoms with Crippen LogP contribution in [0.2, 0.25) is 0 Å². The van der Waals surface area contributed by atoms with Crippen LogP contribution < -0.4 is 14.2 Å². The number of nitrogens with zero attached hydrogens (tertiary/aromatic N) is 3. The number of sulfonamides is 1. The SMILES string of the molecule is CCOc1ccc(S(=O)(=O)N2CCCC(Oc3nccnc3OC)C2)cc1F. The standard InChI is InChI=1S/C18H22FN3O5S/c1-3-26-16-7-6-14(11-15(16)19)28(23,24)22-10-4-5-13(12-22)27-18-17(25-2)20-8-9-21-18/h6-9,11,13H,3-5,10,12H2,1-2H3. The average Bonchev–Trinajstić information content (AvgIpc) is 2.70. The predicted octanol–water partition coefficient (Wildman–Crippen LogP) is 2.26. The summed E-state index contributed by atoms with van der Waals surface area (Å²) in [5, 5.41) is 0. The molecule has 1 aliphatic rings. The zero-order chi connectivity index (χ0) is 20.1. The molecule has 1 aliphatic heterocycles. The number of aromatic nitrogens is 2.